The number of fused-ring (bicyclic) bond motifs is 1. The van der Waals surface area contributed by atoms with Gasteiger partial charge in [-0.3, -0.25) is 4.79 Å². The van der Waals surface area contributed by atoms with Crippen LogP contribution in [0.3, 0.4) is 0 Å². The van der Waals surface area contributed by atoms with Crippen LogP contribution in [0.25, 0.3) is 0 Å². The van der Waals surface area contributed by atoms with Gasteiger partial charge in [0.1, 0.15) is 0 Å². The number of hydrogen-bond donors (Lipinski definition) is 1. The summed E-state index contributed by atoms with van der Waals surface area (Å²) in [7, 11) is 3.10. The minimum Gasteiger partial charge on any atom is -0.493 e. The number of rotatable bonds is 5. The van der Waals surface area contributed by atoms with Crippen LogP contribution in [0.15, 0.2) is 42.5 Å². The molecule has 2 aromatic rings. The summed E-state index contributed by atoms with van der Waals surface area (Å²) in [5.74, 6) is 0.345. The number of ether oxygens (including phenoxy) is 3. The number of carbonyl (C=O) groups is 2. The lowest BCUT2D eigenvalue weighted by molar-refractivity contribution is -0.130. The quantitative estimate of drug-likeness (QED) is 0.843. The Hall–Kier alpha value is -3.02. The molecule has 0 aromatic heterocycles. The third-order valence-electron chi connectivity index (χ3n) is 4.12. The van der Waals surface area contributed by atoms with Crippen LogP contribution in [0.2, 0.25) is 0 Å². The molecule has 2 aromatic carbocycles. The summed E-state index contributed by atoms with van der Waals surface area (Å²) in [5.41, 5.74) is 2.11. The largest absolute Gasteiger partial charge is 0.493 e. The molecular formula is C19H19NO5. The Morgan fingerprint density at radius 1 is 1.16 bits per heavy atom. The Bertz CT molecular complexity index is 802. The van der Waals surface area contributed by atoms with Crippen molar-refractivity contribution in [1.82, 2.24) is 5.32 Å². The highest BCUT2D eigenvalue weighted by molar-refractivity contribution is 5.95. The number of amides is 1. The molecule has 0 spiro atoms. The first-order chi connectivity index (χ1) is 12.1. The van der Waals surface area contributed by atoms with Gasteiger partial charge in [-0.15, -0.1) is 0 Å². The van der Waals surface area contributed by atoms with Gasteiger partial charge in [0.2, 0.25) is 0 Å². The lowest BCUT2D eigenvalue weighted by Crippen LogP contribution is -2.41. The fraction of sp³-hybridized carbons (Fsp3) is 0.263. The molecule has 25 heavy (non-hydrogen) atoms. The Morgan fingerprint density at radius 3 is 2.72 bits per heavy atom. The minimum absolute atomic E-state index is 0.245. The van der Waals surface area contributed by atoms with Crippen LogP contribution in [-0.4, -0.2) is 32.2 Å². The summed E-state index contributed by atoms with van der Waals surface area (Å²) in [6.07, 6.45) is -0.470. The fourth-order valence-electron chi connectivity index (χ4n) is 2.87. The molecule has 1 amide bonds. The van der Waals surface area contributed by atoms with Crippen molar-refractivity contribution < 1.29 is 23.8 Å². The first kappa shape index (κ1) is 16.8. The number of benzene rings is 2. The van der Waals surface area contributed by atoms with E-state index in [0.29, 0.717) is 23.5 Å². The predicted molar refractivity (Wildman–Crippen MR) is 90.7 cm³/mol. The highest BCUT2D eigenvalue weighted by Crippen LogP contribution is 2.30. The molecule has 1 aliphatic rings. The number of cyclic esters (lactones) is 1. The van der Waals surface area contributed by atoms with Crippen LogP contribution in [0.1, 0.15) is 21.5 Å². The van der Waals surface area contributed by atoms with E-state index in [4.69, 9.17) is 14.2 Å². The molecule has 0 saturated carbocycles. The monoisotopic (exact) mass is 341 g/mol. The van der Waals surface area contributed by atoms with Crippen molar-refractivity contribution in [2.75, 3.05) is 14.2 Å². The Balaban J connectivity index is 1.69. The summed E-state index contributed by atoms with van der Waals surface area (Å²) in [6, 6.07) is 12.6. The lowest BCUT2D eigenvalue weighted by atomic mass is 9.98. The van der Waals surface area contributed by atoms with Crippen molar-refractivity contribution in [2.45, 2.75) is 19.1 Å². The van der Waals surface area contributed by atoms with Gasteiger partial charge >= 0.3 is 5.97 Å². The highest BCUT2D eigenvalue weighted by Gasteiger charge is 2.30. The van der Waals surface area contributed by atoms with Crippen LogP contribution in [0.4, 0.5) is 0 Å². The second kappa shape index (κ2) is 7.25. The van der Waals surface area contributed by atoms with Crippen molar-refractivity contribution in [2.24, 2.45) is 0 Å². The maximum Gasteiger partial charge on any atom is 0.339 e. The first-order valence-corrected chi connectivity index (χ1v) is 7.90. The Morgan fingerprint density at radius 2 is 1.96 bits per heavy atom. The minimum atomic E-state index is -0.834. The molecule has 1 N–H and O–H groups in total. The van der Waals surface area contributed by atoms with Gasteiger partial charge in [0.25, 0.3) is 5.91 Å². The zero-order valence-corrected chi connectivity index (χ0v) is 14.1. The summed E-state index contributed by atoms with van der Waals surface area (Å²) in [4.78, 5) is 24.4. The van der Waals surface area contributed by atoms with Gasteiger partial charge in [0.15, 0.2) is 17.6 Å². The molecule has 0 unspecified atom stereocenters. The van der Waals surface area contributed by atoms with Gasteiger partial charge in [-0.25, -0.2) is 4.79 Å². The van der Waals surface area contributed by atoms with Gasteiger partial charge in [-0.2, -0.15) is 0 Å². The van der Waals surface area contributed by atoms with E-state index < -0.39 is 12.1 Å². The van der Waals surface area contributed by atoms with Crippen molar-refractivity contribution in [3.63, 3.8) is 0 Å². The first-order valence-electron chi connectivity index (χ1n) is 7.90. The molecule has 0 bridgehead atoms. The van der Waals surface area contributed by atoms with Gasteiger partial charge in [-0.05, 0) is 17.7 Å². The normalized spacial score (nSPS) is 15.8. The van der Waals surface area contributed by atoms with Crippen LogP contribution in [-0.2, 0) is 22.5 Å². The van der Waals surface area contributed by atoms with E-state index in [-0.39, 0.29) is 12.5 Å². The summed E-state index contributed by atoms with van der Waals surface area (Å²) in [5, 5.41) is 2.79. The van der Waals surface area contributed by atoms with E-state index >= 15 is 0 Å². The standard InChI is InChI=1S/C19H19NO5/c1-23-15-9-5-7-13(17(15)24-2)11-20-18(21)16-10-12-6-3-4-8-14(12)19(22)25-16/h3-9,16H,10-11H2,1-2H3,(H,20,21)/t16-/m0/s1. The molecule has 3 rings (SSSR count). The topological polar surface area (TPSA) is 73.9 Å². The number of methoxy groups -OCH3 is 2. The molecule has 6 nitrogen and oxygen atoms in total. The number of nitrogens with one attached hydrogen (secondary N) is 1. The molecule has 1 atom stereocenters. The maximum atomic E-state index is 12.4. The van der Waals surface area contributed by atoms with Crippen LogP contribution in [0.5, 0.6) is 11.5 Å². The molecule has 0 saturated heterocycles. The van der Waals surface area contributed by atoms with Crippen LogP contribution in [0, 0.1) is 0 Å². The highest BCUT2D eigenvalue weighted by atomic mass is 16.5. The molecule has 130 valence electrons. The molecule has 1 heterocycles. The van der Waals surface area contributed by atoms with Gasteiger partial charge in [0, 0.05) is 18.5 Å². The van der Waals surface area contributed by atoms with E-state index in [2.05, 4.69) is 5.32 Å². The van der Waals surface area contributed by atoms with Gasteiger partial charge in [-0.1, -0.05) is 30.3 Å². The average Bonchev–Trinajstić information content (AvgIpc) is 2.65. The molecule has 0 fully saturated rings. The second-order valence-corrected chi connectivity index (χ2v) is 5.63. The zero-order valence-electron chi connectivity index (χ0n) is 14.1. The Kier molecular flexibility index (Phi) is 4.88. The van der Waals surface area contributed by atoms with Crippen LogP contribution >= 0.6 is 0 Å². The molecule has 0 radical (unpaired) electrons. The third-order valence-corrected chi connectivity index (χ3v) is 4.12. The average molecular weight is 341 g/mol. The number of hydrogen-bond acceptors (Lipinski definition) is 5. The van der Waals surface area contributed by atoms with E-state index in [0.717, 1.165) is 11.1 Å². The van der Waals surface area contributed by atoms with Crippen molar-refractivity contribution in [1.29, 1.82) is 0 Å². The third kappa shape index (κ3) is 3.42. The number of carbonyl (C=O) groups excluding carboxylic acids is 2. The molecule has 1 aliphatic heterocycles. The SMILES string of the molecule is COc1cccc(CNC(=O)[C@@H]2Cc3ccccc3C(=O)O2)c1OC. The van der Waals surface area contributed by atoms with Gasteiger partial charge < -0.3 is 19.5 Å². The van der Waals surface area contributed by atoms with E-state index in [1.165, 1.54) is 0 Å². The van der Waals surface area contributed by atoms with E-state index in [9.17, 15) is 9.59 Å². The van der Waals surface area contributed by atoms with Crippen molar-refractivity contribution in [3.05, 3.63) is 59.2 Å². The number of esters is 1. The summed E-state index contributed by atoms with van der Waals surface area (Å²) >= 11 is 0. The maximum absolute atomic E-state index is 12.4. The molecule has 0 aliphatic carbocycles. The second-order valence-electron chi connectivity index (χ2n) is 5.63. The van der Waals surface area contributed by atoms with Crippen molar-refractivity contribution in [3.8, 4) is 11.5 Å². The number of para-hydroxylation sites is 1. The lowest BCUT2D eigenvalue weighted by Gasteiger charge is -2.24. The predicted octanol–water partition coefficient (Wildman–Crippen LogP) is 2.10. The fourth-order valence-corrected chi connectivity index (χ4v) is 2.87. The summed E-state index contributed by atoms with van der Waals surface area (Å²) in [6.45, 7) is 0.245. The van der Waals surface area contributed by atoms with Crippen molar-refractivity contribution >= 4 is 11.9 Å². The van der Waals surface area contributed by atoms with Gasteiger partial charge in [0.05, 0.1) is 19.8 Å². The van der Waals surface area contributed by atoms with E-state index in [1.54, 1.807) is 32.4 Å². The Labute approximate surface area is 145 Å². The zero-order chi connectivity index (χ0) is 17.8. The molecule has 6 heteroatoms. The molecular weight excluding hydrogens is 322 g/mol. The summed E-state index contributed by atoms with van der Waals surface area (Å²) < 4.78 is 15.9. The van der Waals surface area contributed by atoms with Crippen LogP contribution < -0.4 is 14.8 Å². The van der Waals surface area contributed by atoms with E-state index in [1.807, 2.05) is 24.3 Å². The smallest absolute Gasteiger partial charge is 0.339 e.